The molecule has 0 unspecified atom stereocenters. The highest BCUT2D eigenvalue weighted by Crippen LogP contribution is 2.14. The van der Waals surface area contributed by atoms with Crippen LogP contribution in [-0.2, 0) is 9.47 Å². The van der Waals surface area contributed by atoms with Crippen LogP contribution < -0.4 is 0 Å². The topological polar surface area (TPSA) is 38.7 Å². The maximum atomic E-state index is 10.1. The van der Waals surface area contributed by atoms with Gasteiger partial charge in [-0.25, -0.2) is 0 Å². The lowest BCUT2D eigenvalue weighted by molar-refractivity contribution is -0.0145. The molecule has 5 heteroatoms. The van der Waals surface area contributed by atoms with Crippen LogP contribution in [-0.4, -0.2) is 47.8 Å². The van der Waals surface area contributed by atoms with Gasteiger partial charge in [-0.2, -0.15) is 0 Å². The second kappa shape index (κ2) is 13.8. The number of halogens is 2. The molecule has 0 heterocycles. The molecule has 3 nitrogen and oxygen atoms in total. The summed E-state index contributed by atoms with van der Waals surface area (Å²) in [5.41, 5.74) is -0.676. The largest absolute Gasteiger partial charge is 0.390 e. The summed E-state index contributed by atoms with van der Waals surface area (Å²) in [6.45, 7) is 4.67. The van der Waals surface area contributed by atoms with Crippen molar-refractivity contribution in [2.75, 3.05) is 37.1 Å². The van der Waals surface area contributed by atoms with Crippen molar-refractivity contribution in [3.05, 3.63) is 0 Å². The van der Waals surface area contributed by atoms with E-state index >= 15 is 0 Å². The zero-order valence-electron chi connectivity index (χ0n) is 12.0. The van der Waals surface area contributed by atoms with E-state index in [1.807, 2.05) is 6.92 Å². The van der Waals surface area contributed by atoms with Crippen molar-refractivity contribution in [1.82, 2.24) is 0 Å². The third-order valence-corrected chi connectivity index (χ3v) is 4.04. The molecule has 0 aliphatic heterocycles. The van der Waals surface area contributed by atoms with Gasteiger partial charge in [0.15, 0.2) is 0 Å². The number of ether oxygens (including phenoxy) is 2. The first-order valence-corrected chi connectivity index (χ1v) is 9.36. The van der Waals surface area contributed by atoms with Crippen LogP contribution in [0.15, 0.2) is 0 Å². The molecule has 116 valence electrons. The Morgan fingerprint density at radius 3 is 1.58 bits per heavy atom. The highest BCUT2D eigenvalue weighted by molar-refractivity contribution is 9.09. The van der Waals surface area contributed by atoms with E-state index in [0.717, 1.165) is 49.6 Å². The van der Waals surface area contributed by atoms with Crippen molar-refractivity contribution in [2.45, 2.75) is 51.0 Å². The van der Waals surface area contributed by atoms with E-state index in [9.17, 15) is 5.11 Å². The van der Waals surface area contributed by atoms with E-state index in [4.69, 9.17) is 9.47 Å². The molecule has 19 heavy (non-hydrogen) atoms. The fourth-order valence-electron chi connectivity index (χ4n) is 1.51. The highest BCUT2D eigenvalue weighted by atomic mass is 79.9. The molecule has 0 rings (SSSR count). The number of unbranched alkanes of at least 4 members (excludes halogenated alkanes) is 2. The number of hydrogen-bond donors (Lipinski definition) is 1. The van der Waals surface area contributed by atoms with Crippen molar-refractivity contribution in [3.63, 3.8) is 0 Å². The summed E-state index contributed by atoms with van der Waals surface area (Å²) < 4.78 is 11.0. The van der Waals surface area contributed by atoms with Gasteiger partial charge in [-0.15, -0.1) is 0 Å². The van der Waals surface area contributed by atoms with E-state index in [0.29, 0.717) is 26.1 Å². The Morgan fingerprint density at radius 1 is 0.789 bits per heavy atom. The van der Waals surface area contributed by atoms with Gasteiger partial charge in [-0.3, -0.25) is 0 Å². The Bertz CT molecular complexity index is 172. The van der Waals surface area contributed by atoms with Crippen LogP contribution in [0.3, 0.4) is 0 Å². The second-order valence-corrected chi connectivity index (χ2v) is 6.60. The van der Waals surface area contributed by atoms with Gasteiger partial charge in [-0.1, -0.05) is 31.9 Å². The predicted molar refractivity (Wildman–Crippen MR) is 87.6 cm³/mol. The lowest BCUT2D eigenvalue weighted by Crippen LogP contribution is -2.28. The molecule has 0 radical (unpaired) electrons. The van der Waals surface area contributed by atoms with Gasteiger partial charge in [0.05, 0.1) is 5.60 Å². The summed E-state index contributed by atoms with van der Waals surface area (Å²) in [7, 11) is 0. The minimum Gasteiger partial charge on any atom is -0.390 e. The summed E-state index contributed by atoms with van der Waals surface area (Å²) in [6, 6.07) is 0. The quantitative estimate of drug-likeness (QED) is 0.353. The van der Waals surface area contributed by atoms with Crippen LogP contribution in [0, 0.1) is 0 Å². The average molecular weight is 404 g/mol. The molecule has 1 N–H and O–H groups in total. The number of alkyl halides is 2. The molecule has 0 aliphatic carbocycles. The normalized spacial score (nSPS) is 12.0. The average Bonchev–Trinajstić information content (AvgIpc) is 2.38. The predicted octanol–water partition coefficient (Wildman–Crippen LogP) is 3.90. The van der Waals surface area contributed by atoms with Crippen LogP contribution in [0.4, 0.5) is 0 Å². The minimum atomic E-state index is -0.676. The zero-order valence-corrected chi connectivity index (χ0v) is 15.2. The summed E-state index contributed by atoms with van der Waals surface area (Å²) in [4.78, 5) is 0. The first-order valence-electron chi connectivity index (χ1n) is 7.12. The Morgan fingerprint density at radius 2 is 1.21 bits per heavy atom. The zero-order chi connectivity index (χ0) is 14.4. The van der Waals surface area contributed by atoms with Crippen molar-refractivity contribution in [2.24, 2.45) is 0 Å². The Balaban J connectivity index is 3.36. The van der Waals surface area contributed by atoms with E-state index in [2.05, 4.69) is 31.9 Å². The molecular weight excluding hydrogens is 376 g/mol. The van der Waals surface area contributed by atoms with Gasteiger partial charge in [0.2, 0.25) is 0 Å². The van der Waals surface area contributed by atoms with E-state index in [1.165, 1.54) is 0 Å². The fourth-order valence-corrected chi connectivity index (χ4v) is 2.30. The lowest BCUT2D eigenvalue weighted by Gasteiger charge is -2.23. The standard InChI is InChI=1S/C14H28Br2O3/c1-14(17,6-12-18-10-4-2-8-15)7-13-19-11-5-3-9-16/h17H,2-13H2,1H3. The molecular formula is C14H28Br2O3. The van der Waals surface area contributed by atoms with Gasteiger partial charge >= 0.3 is 0 Å². The van der Waals surface area contributed by atoms with Crippen LogP contribution in [0.5, 0.6) is 0 Å². The SMILES string of the molecule is CC(O)(CCOCCCCBr)CCOCCCCBr. The van der Waals surface area contributed by atoms with E-state index < -0.39 is 5.60 Å². The molecule has 0 amide bonds. The Labute approximate surface area is 134 Å². The summed E-state index contributed by atoms with van der Waals surface area (Å²) in [6.07, 6.45) is 5.77. The lowest BCUT2D eigenvalue weighted by atomic mass is 9.99. The molecule has 0 aliphatic rings. The molecule has 0 saturated carbocycles. The van der Waals surface area contributed by atoms with Gasteiger partial charge < -0.3 is 14.6 Å². The van der Waals surface area contributed by atoms with Gasteiger partial charge in [-0.05, 0) is 45.4 Å². The van der Waals surface area contributed by atoms with E-state index in [1.54, 1.807) is 0 Å². The molecule has 0 saturated heterocycles. The van der Waals surface area contributed by atoms with Crippen LogP contribution in [0.2, 0.25) is 0 Å². The second-order valence-electron chi connectivity index (χ2n) is 5.01. The molecule has 0 bridgehead atoms. The minimum absolute atomic E-state index is 0.624. The molecule has 0 atom stereocenters. The third-order valence-electron chi connectivity index (χ3n) is 2.91. The van der Waals surface area contributed by atoms with Gasteiger partial charge in [0.25, 0.3) is 0 Å². The molecule has 0 aromatic rings. The first kappa shape index (κ1) is 19.8. The van der Waals surface area contributed by atoms with Crippen molar-refractivity contribution in [1.29, 1.82) is 0 Å². The van der Waals surface area contributed by atoms with Crippen LogP contribution in [0.1, 0.15) is 45.4 Å². The van der Waals surface area contributed by atoms with Crippen LogP contribution in [0.25, 0.3) is 0 Å². The smallest absolute Gasteiger partial charge is 0.0663 e. The number of hydrogen-bond acceptors (Lipinski definition) is 3. The van der Waals surface area contributed by atoms with Crippen molar-refractivity contribution in [3.8, 4) is 0 Å². The van der Waals surface area contributed by atoms with Gasteiger partial charge in [0, 0.05) is 37.1 Å². The molecule has 0 fully saturated rings. The molecule has 0 spiro atoms. The summed E-state index contributed by atoms with van der Waals surface area (Å²) in [5.74, 6) is 0. The van der Waals surface area contributed by atoms with Crippen molar-refractivity contribution >= 4 is 31.9 Å². The monoisotopic (exact) mass is 402 g/mol. The maximum absolute atomic E-state index is 10.1. The summed E-state index contributed by atoms with van der Waals surface area (Å²) in [5, 5.41) is 12.2. The number of rotatable bonds is 14. The molecule has 0 aromatic heterocycles. The van der Waals surface area contributed by atoms with Gasteiger partial charge in [0.1, 0.15) is 0 Å². The van der Waals surface area contributed by atoms with E-state index in [-0.39, 0.29) is 0 Å². The first-order chi connectivity index (χ1) is 9.12. The Hall–Kier alpha value is 0.840. The van der Waals surface area contributed by atoms with Crippen molar-refractivity contribution < 1.29 is 14.6 Å². The molecule has 0 aromatic carbocycles. The third kappa shape index (κ3) is 15.1. The highest BCUT2D eigenvalue weighted by Gasteiger charge is 2.19. The van der Waals surface area contributed by atoms with Crippen LogP contribution >= 0.6 is 31.9 Å². The fraction of sp³-hybridized carbons (Fsp3) is 1.00. The summed E-state index contributed by atoms with van der Waals surface area (Å²) >= 11 is 6.78. The Kier molecular flexibility index (Phi) is 14.4. The number of aliphatic hydroxyl groups is 1. The maximum Gasteiger partial charge on any atom is 0.0663 e.